The Hall–Kier alpha value is -4.22. The number of hydrogen-bond acceptors (Lipinski definition) is 9. The highest BCUT2D eigenvalue weighted by atomic mass is 19.4. The van der Waals surface area contributed by atoms with E-state index < -0.39 is 11.7 Å². The van der Waals surface area contributed by atoms with Gasteiger partial charge in [0.1, 0.15) is 17.1 Å². The second-order valence-corrected chi connectivity index (χ2v) is 7.96. The number of anilines is 2. The predicted octanol–water partition coefficient (Wildman–Crippen LogP) is 4.93. The molecule has 4 aromatic rings. The summed E-state index contributed by atoms with van der Waals surface area (Å²) in [4.78, 5) is 21.7. The molecule has 0 saturated heterocycles. The zero-order valence-electron chi connectivity index (χ0n) is 19.1. The molecule has 1 aromatic carbocycles. The Morgan fingerprint density at radius 1 is 1.03 bits per heavy atom. The number of nitrogens with zero attached hydrogens (tertiary/aromatic N) is 5. The standard InChI is InChI=1S/C23H22F3N7O2/c1-12(2)10-30-22-28-9-8-15(32-22)18-17(16-11-29-19(27)21(31-16)34-3)33-20(35-18)13-4-6-14(7-5-13)23(24,25)26/h4-9,11-12H,10H2,1-3H3,(H2,27,29)(H,28,30,32). The van der Waals surface area contributed by atoms with Crippen molar-refractivity contribution >= 4 is 11.8 Å². The number of nitrogens with two attached hydrogens (primary N) is 1. The van der Waals surface area contributed by atoms with E-state index in [1.807, 2.05) is 0 Å². The molecule has 0 atom stereocenters. The van der Waals surface area contributed by atoms with Gasteiger partial charge in [0, 0.05) is 18.3 Å². The first-order valence-corrected chi connectivity index (χ1v) is 10.6. The summed E-state index contributed by atoms with van der Waals surface area (Å²) in [6.45, 7) is 4.76. The van der Waals surface area contributed by atoms with Crippen LogP contribution < -0.4 is 15.8 Å². The molecule has 12 heteroatoms. The molecule has 182 valence electrons. The highest BCUT2D eigenvalue weighted by molar-refractivity contribution is 5.76. The lowest BCUT2D eigenvalue weighted by molar-refractivity contribution is -0.137. The van der Waals surface area contributed by atoms with E-state index in [1.54, 1.807) is 12.3 Å². The predicted molar refractivity (Wildman–Crippen MR) is 123 cm³/mol. The van der Waals surface area contributed by atoms with Gasteiger partial charge in [0.25, 0.3) is 5.88 Å². The molecule has 0 spiro atoms. The maximum atomic E-state index is 13.0. The van der Waals surface area contributed by atoms with Crippen molar-refractivity contribution in [2.45, 2.75) is 20.0 Å². The Morgan fingerprint density at radius 3 is 2.43 bits per heavy atom. The number of benzene rings is 1. The molecule has 9 nitrogen and oxygen atoms in total. The number of ether oxygens (including phenoxy) is 1. The molecule has 0 amide bonds. The van der Waals surface area contributed by atoms with Gasteiger partial charge in [0.2, 0.25) is 11.8 Å². The van der Waals surface area contributed by atoms with Gasteiger partial charge in [0.15, 0.2) is 11.6 Å². The van der Waals surface area contributed by atoms with E-state index in [4.69, 9.17) is 14.9 Å². The fourth-order valence-corrected chi connectivity index (χ4v) is 3.10. The number of nitrogen functional groups attached to an aromatic ring is 1. The van der Waals surface area contributed by atoms with Gasteiger partial charge in [-0.05, 0) is 36.2 Å². The Labute approximate surface area is 198 Å². The van der Waals surface area contributed by atoms with E-state index in [0.29, 0.717) is 29.7 Å². The quantitative estimate of drug-likeness (QED) is 0.375. The van der Waals surface area contributed by atoms with Crippen LogP contribution in [-0.2, 0) is 6.18 Å². The molecule has 0 radical (unpaired) electrons. The van der Waals surface area contributed by atoms with Crippen molar-refractivity contribution < 1.29 is 22.3 Å². The number of halogens is 3. The van der Waals surface area contributed by atoms with Crippen molar-refractivity contribution in [3.8, 4) is 40.2 Å². The maximum Gasteiger partial charge on any atom is 0.416 e. The molecule has 0 aliphatic carbocycles. The van der Waals surface area contributed by atoms with Crippen LogP contribution in [0.4, 0.5) is 24.9 Å². The normalized spacial score (nSPS) is 11.6. The molecular formula is C23H22F3N7O2. The molecule has 0 aliphatic rings. The number of hydrogen-bond donors (Lipinski definition) is 2. The summed E-state index contributed by atoms with van der Waals surface area (Å²) in [5, 5.41) is 3.14. The van der Waals surface area contributed by atoms with E-state index >= 15 is 0 Å². The first kappa shape index (κ1) is 23.9. The summed E-state index contributed by atoms with van der Waals surface area (Å²) in [6.07, 6.45) is -1.50. The third-order valence-electron chi connectivity index (χ3n) is 4.85. The number of methoxy groups -OCH3 is 1. The molecule has 0 aliphatic heterocycles. The van der Waals surface area contributed by atoms with Crippen LogP contribution in [-0.4, -0.2) is 38.6 Å². The van der Waals surface area contributed by atoms with E-state index in [9.17, 15) is 13.2 Å². The van der Waals surface area contributed by atoms with Crippen LogP contribution in [0.5, 0.6) is 5.88 Å². The molecule has 3 heterocycles. The third kappa shape index (κ3) is 5.31. The van der Waals surface area contributed by atoms with Crippen LogP contribution in [0.1, 0.15) is 19.4 Å². The van der Waals surface area contributed by atoms with Crippen molar-refractivity contribution in [2.75, 3.05) is 24.7 Å². The van der Waals surface area contributed by atoms with Gasteiger partial charge in [0.05, 0.1) is 18.9 Å². The van der Waals surface area contributed by atoms with Gasteiger partial charge in [-0.1, -0.05) is 13.8 Å². The van der Waals surface area contributed by atoms with E-state index in [0.717, 1.165) is 12.1 Å². The van der Waals surface area contributed by atoms with Gasteiger partial charge >= 0.3 is 6.18 Å². The van der Waals surface area contributed by atoms with Crippen LogP contribution in [0.3, 0.4) is 0 Å². The summed E-state index contributed by atoms with van der Waals surface area (Å²) in [6, 6.07) is 6.12. The fraction of sp³-hybridized carbons (Fsp3) is 0.261. The smallest absolute Gasteiger partial charge is 0.416 e. The molecular weight excluding hydrogens is 463 g/mol. The average Bonchev–Trinajstić information content (AvgIpc) is 3.28. The molecule has 4 rings (SSSR count). The zero-order valence-corrected chi connectivity index (χ0v) is 19.1. The average molecular weight is 485 g/mol. The van der Waals surface area contributed by atoms with Crippen molar-refractivity contribution in [3.05, 3.63) is 48.3 Å². The van der Waals surface area contributed by atoms with Crippen LogP contribution in [0.2, 0.25) is 0 Å². The Morgan fingerprint density at radius 2 is 1.77 bits per heavy atom. The molecule has 0 fully saturated rings. The highest BCUT2D eigenvalue weighted by Gasteiger charge is 2.30. The first-order chi connectivity index (χ1) is 16.7. The summed E-state index contributed by atoms with van der Waals surface area (Å²) >= 11 is 0. The minimum atomic E-state index is -4.46. The van der Waals surface area contributed by atoms with Crippen LogP contribution in [0, 0.1) is 5.92 Å². The topological polar surface area (TPSA) is 125 Å². The van der Waals surface area contributed by atoms with Crippen molar-refractivity contribution in [3.63, 3.8) is 0 Å². The lowest BCUT2D eigenvalue weighted by Crippen LogP contribution is -2.10. The SMILES string of the molecule is COc1nc(-c2nc(-c3ccc(C(F)(F)F)cc3)oc2-c2ccnc(NCC(C)C)n2)cnc1N. The van der Waals surface area contributed by atoms with Gasteiger partial charge in [-0.2, -0.15) is 13.2 Å². The molecule has 3 aromatic heterocycles. The lowest BCUT2D eigenvalue weighted by atomic mass is 10.1. The molecule has 35 heavy (non-hydrogen) atoms. The second kappa shape index (κ2) is 9.57. The van der Waals surface area contributed by atoms with Crippen molar-refractivity contribution in [1.82, 2.24) is 24.9 Å². The Balaban J connectivity index is 1.82. The molecule has 0 saturated carbocycles. The Bertz CT molecular complexity index is 1320. The summed E-state index contributed by atoms with van der Waals surface area (Å²) in [7, 11) is 1.40. The number of nitrogens with one attached hydrogen (secondary N) is 1. The van der Waals surface area contributed by atoms with Gasteiger partial charge in [-0.25, -0.2) is 24.9 Å². The van der Waals surface area contributed by atoms with Gasteiger partial charge in [-0.3, -0.25) is 0 Å². The summed E-state index contributed by atoms with van der Waals surface area (Å²) in [5.41, 5.74) is 6.29. The van der Waals surface area contributed by atoms with E-state index in [-0.39, 0.29) is 34.7 Å². The third-order valence-corrected chi connectivity index (χ3v) is 4.85. The van der Waals surface area contributed by atoms with Gasteiger partial charge < -0.3 is 20.2 Å². The van der Waals surface area contributed by atoms with Crippen LogP contribution >= 0.6 is 0 Å². The van der Waals surface area contributed by atoms with E-state index in [2.05, 4.69) is 44.1 Å². The number of oxazole rings is 1. The molecule has 0 unspecified atom stereocenters. The number of rotatable bonds is 7. The lowest BCUT2D eigenvalue weighted by Gasteiger charge is -2.08. The second-order valence-electron chi connectivity index (χ2n) is 7.96. The van der Waals surface area contributed by atoms with E-state index in [1.165, 1.54) is 25.4 Å². The van der Waals surface area contributed by atoms with Crippen molar-refractivity contribution in [2.24, 2.45) is 5.92 Å². The Kier molecular flexibility index (Phi) is 6.54. The minimum Gasteiger partial charge on any atom is -0.478 e. The minimum absolute atomic E-state index is 0.0802. The first-order valence-electron chi connectivity index (χ1n) is 10.6. The molecule has 0 bridgehead atoms. The highest BCUT2D eigenvalue weighted by Crippen LogP contribution is 2.36. The van der Waals surface area contributed by atoms with Crippen molar-refractivity contribution in [1.29, 1.82) is 0 Å². The summed E-state index contributed by atoms with van der Waals surface area (Å²) < 4.78 is 50.1. The zero-order chi connectivity index (χ0) is 25.2. The monoisotopic (exact) mass is 485 g/mol. The number of alkyl halides is 3. The van der Waals surface area contributed by atoms with Crippen LogP contribution in [0.15, 0.2) is 47.1 Å². The van der Waals surface area contributed by atoms with Crippen LogP contribution in [0.25, 0.3) is 34.3 Å². The summed E-state index contributed by atoms with van der Waals surface area (Å²) in [5.74, 6) is 1.25. The molecule has 3 N–H and O–H groups in total. The maximum absolute atomic E-state index is 13.0. The number of aromatic nitrogens is 5. The fourth-order valence-electron chi connectivity index (χ4n) is 3.10. The van der Waals surface area contributed by atoms with Gasteiger partial charge in [-0.15, -0.1) is 0 Å². The largest absolute Gasteiger partial charge is 0.478 e.